The third-order valence-corrected chi connectivity index (χ3v) is 3.74. The van der Waals surface area contributed by atoms with Gasteiger partial charge in [-0.1, -0.05) is 24.3 Å². The zero-order valence-electron chi connectivity index (χ0n) is 12.3. The van der Waals surface area contributed by atoms with Gasteiger partial charge in [0.05, 0.1) is 16.7 Å². The van der Waals surface area contributed by atoms with Crippen molar-refractivity contribution < 1.29 is 24.3 Å². The van der Waals surface area contributed by atoms with E-state index in [2.05, 4.69) is 0 Å². The Labute approximate surface area is 131 Å². The molecule has 23 heavy (non-hydrogen) atoms. The SMILES string of the molecule is Cc1cccc(C(=O)O)c1CON1C(=O)c2ccccc2C1=O. The molecule has 6 nitrogen and oxygen atoms in total. The van der Waals surface area contributed by atoms with Gasteiger partial charge in [-0.05, 0) is 36.2 Å². The molecule has 1 N–H and O–H groups in total. The summed E-state index contributed by atoms with van der Waals surface area (Å²) in [6.07, 6.45) is 0. The Morgan fingerprint density at radius 3 is 2.22 bits per heavy atom. The molecule has 2 aromatic rings. The summed E-state index contributed by atoms with van der Waals surface area (Å²) in [4.78, 5) is 41.0. The zero-order valence-corrected chi connectivity index (χ0v) is 12.3. The van der Waals surface area contributed by atoms with Gasteiger partial charge in [-0.3, -0.25) is 14.4 Å². The van der Waals surface area contributed by atoms with Crippen molar-refractivity contribution in [1.82, 2.24) is 5.06 Å². The summed E-state index contributed by atoms with van der Waals surface area (Å²) >= 11 is 0. The van der Waals surface area contributed by atoms with Gasteiger partial charge in [-0.15, -0.1) is 5.06 Å². The van der Waals surface area contributed by atoms with E-state index in [1.54, 1.807) is 43.3 Å². The Kier molecular flexibility index (Phi) is 3.67. The number of aromatic carboxylic acids is 1. The number of amides is 2. The molecule has 1 aliphatic rings. The Morgan fingerprint density at radius 1 is 1.04 bits per heavy atom. The third-order valence-electron chi connectivity index (χ3n) is 3.74. The molecule has 2 aromatic carbocycles. The fourth-order valence-electron chi connectivity index (χ4n) is 2.51. The Balaban J connectivity index is 1.85. The molecule has 0 radical (unpaired) electrons. The van der Waals surface area contributed by atoms with Gasteiger partial charge in [0.2, 0.25) is 0 Å². The van der Waals surface area contributed by atoms with Crippen LogP contribution in [0.25, 0.3) is 0 Å². The number of carbonyl (C=O) groups is 3. The van der Waals surface area contributed by atoms with Crippen LogP contribution in [0.3, 0.4) is 0 Å². The molecular weight excluding hydrogens is 298 g/mol. The molecule has 0 saturated carbocycles. The number of hydrogen-bond acceptors (Lipinski definition) is 4. The maximum atomic E-state index is 12.2. The first-order valence-corrected chi connectivity index (χ1v) is 6.93. The number of imide groups is 1. The molecule has 0 spiro atoms. The van der Waals surface area contributed by atoms with E-state index in [9.17, 15) is 19.5 Å². The lowest BCUT2D eigenvalue weighted by molar-refractivity contribution is -0.101. The molecule has 0 unspecified atom stereocenters. The number of hydrogen-bond donors (Lipinski definition) is 1. The summed E-state index contributed by atoms with van der Waals surface area (Å²) in [5.74, 6) is -2.18. The number of hydroxylamine groups is 2. The number of benzene rings is 2. The second-order valence-corrected chi connectivity index (χ2v) is 5.13. The van der Waals surface area contributed by atoms with E-state index in [0.717, 1.165) is 0 Å². The maximum Gasteiger partial charge on any atom is 0.336 e. The van der Waals surface area contributed by atoms with Crippen LogP contribution in [0.1, 0.15) is 42.2 Å². The second-order valence-electron chi connectivity index (χ2n) is 5.13. The fraction of sp³-hybridized carbons (Fsp3) is 0.118. The average Bonchev–Trinajstić information content (AvgIpc) is 2.78. The second kappa shape index (κ2) is 5.66. The summed E-state index contributed by atoms with van der Waals surface area (Å²) in [6, 6.07) is 11.3. The summed E-state index contributed by atoms with van der Waals surface area (Å²) in [7, 11) is 0. The van der Waals surface area contributed by atoms with E-state index in [1.165, 1.54) is 6.07 Å². The smallest absolute Gasteiger partial charge is 0.336 e. The van der Waals surface area contributed by atoms with Gasteiger partial charge in [-0.2, -0.15) is 0 Å². The van der Waals surface area contributed by atoms with Crippen molar-refractivity contribution in [3.63, 3.8) is 0 Å². The van der Waals surface area contributed by atoms with Crippen molar-refractivity contribution >= 4 is 17.8 Å². The molecule has 0 atom stereocenters. The predicted molar refractivity (Wildman–Crippen MR) is 79.9 cm³/mol. The highest BCUT2D eigenvalue weighted by molar-refractivity contribution is 6.20. The van der Waals surface area contributed by atoms with Crippen molar-refractivity contribution in [3.05, 3.63) is 70.3 Å². The van der Waals surface area contributed by atoms with E-state index in [4.69, 9.17) is 4.84 Å². The van der Waals surface area contributed by atoms with E-state index in [1.807, 2.05) is 0 Å². The summed E-state index contributed by atoms with van der Waals surface area (Å²) in [5, 5.41) is 9.91. The third kappa shape index (κ3) is 2.49. The van der Waals surface area contributed by atoms with Crippen LogP contribution in [0, 0.1) is 6.92 Å². The molecule has 0 fully saturated rings. The minimum Gasteiger partial charge on any atom is -0.478 e. The minimum atomic E-state index is -1.09. The quantitative estimate of drug-likeness (QED) is 0.877. The molecule has 0 saturated heterocycles. The predicted octanol–water partition coefficient (Wildman–Crippen LogP) is 2.42. The first-order chi connectivity index (χ1) is 11.0. The number of rotatable bonds is 4. The highest BCUT2D eigenvalue weighted by Crippen LogP contribution is 2.24. The highest BCUT2D eigenvalue weighted by Gasteiger charge is 2.36. The van der Waals surface area contributed by atoms with Crippen molar-refractivity contribution in [2.45, 2.75) is 13.5 Å². The molecule has 3 rings (SSSR count). The van der Waals surface area contributed by atoms with E-state index >= 15 is 0 Å². The number of carboxylic acids is 1. The Morgan fingerprint density at radius 2 is 1.65 bits per heavy atom. The molecule has 0 aliphatic carbocycles. The minimum absolute atomic E-state index is 0.0848. The monoisotopic (exact) mass is 311 g/mol. The molecule has 1 aliphatic heterocycles. The maximum absolute atomic E-state index is 12.2. The molecule has 0 aromatic heterocycles. The number of nitrogens with zero attached hydrogens (tertiary/aromatic N) is 1. The molecular formula is C17H13NO5. The van der Waals surface area contributed by atoms with Crippen molar-refractivity contribution in [2.24, 2.45) is 0 Å². The summed E-state index contributed by atoms with van der Waals surface area (Å²) in [6.45, 7) is 1.56. The largest absolute Gasteiger partial charge is 0.478 e. The summed E-state index contributed by atoms with van der Waals surface area (Å²) in [5.41, 5.74) is 1.78. The van der Waals surface area contributed by atoms with Gasteiger partial charge in [0, 0.05) is 0 Å². The topological polar surface area (TPSA) is 83.9 Å². The van der Waals surface area contributed by atoms with Crippen LogP contribution in [0.4, 0.5) is 0 Å². The van der Waals surface area contributed by atoms with Gasteiger partial charge >= 0.3 is 5.97 Å². The van der Waals surface area contributed by atoms with Crippen LogP contribution >= 0.6 is 0 Å². The lowest BCUT2D eigenvalue weighted by Gasteiger charge is -2.15. The number of fused-ring (bicyclic) bond motifs is 1. The number of aryl methyl sites for hydroxylation is 1. The van der Waals surface area contributed by atoms with Gasteiger partial charge in [0.15, 0.2) is 0 Å². The normalized spacial score (nSPS) is 13.3. The lowest BCUT2D eigenvalue weighted by Crippen LogP contribution is -2.30. The van der Waals surface area contributed by atoms with Crippen LogP contribution < -0.4 is 0 Å². The molecule has 0 bridgehead atoms. The Bertz CT molecular complexity index is 792. The average molecular weight is 311 g/mol. The van der Waals surface area contributed by atoms with Crippen LogP contribution in [0.5, 0.6) is 0 Å². The van der Waals surface area contributed by atoms with E-state index < -0.39 is 17.8 Å². The van der Waals surface area contributed by atoms with Crippen molar-refractivity contribution in [3.8, 4) is 0 Å². The van der Waals surface area contributed by atoms with Crippen molar-refractivity contribution in [2.75, 3.05) is 0 Å². The van der Waals surface area contributed by atoms with Gasteiger partial charge < -0.3 is 5.11 Å². The van der Waals surface area contributed by atoms with Crippen molar-refractivity contribution in [1.29, 1.82) is 0 Å². The fourth-order valence-corrected chi connectivity index (χ4v) is 2.51. The molecule has 116 valence electrons. The highest BCUT2D eigenvalue weighted by atomic mass is 16.7. The molecule has 6 heteroatoms. The summed E-state index contributed by atoms with van der Waals surface area (Å²) < 4.78 is 0. The Hall–Kier alpha value is -2.99. The van der Waals surface area contributed by atoms with Gasteiger partial charge in [-0.25, -0.2) is 4.79 Å². The van der Waals surface area contributed by atoms with E-state index in [-0.39, 0.29) is 23.3 Å². The van der Waals surface area contributed by atoms with Crippen LogP contribution in [0.2, 0.25) is 0 Å². The number of carboxylic acid groups (broad SMARTS) is 1. The first-order valence-electron chi connectivity index (χ1n) is 6.93. The molecule has 1 heterocycles. The van der Waals surface area contributed by atoms with Gasteiger partial charge in [0.1, 0.15) is 6.61 Å². The van der Waals surface area contributed by atoms with Crippen LogP contribution in [-0.4, -0.2) is 28.0 Å². The molecule has 2 amide bonds. The van der Waals surface area contributed by atoms with E-state index in [0.29, 0.717) is 16.2 Å². The van der Waals surface area contributed by atoms with Gasteiger partial charge in [0.25, 0.3) is 11.8 Å². The van der Waals surface area contributed by atoms with Crippen LogP contribution in [-0.2, 0) is 11.4 Å². The zero-order chi connectivity index (χ0) is 16.6. The number of carbonyl (C=O) groups excluding carboxylic acids is 2. The first kappa shape index (κ1) is 14.9. The standard InChI is InChI=1S/C17H13NO5/c1-10-5-4-8-13(17(21)22)14(10)9-23-18-15(19)11-6-2-3-7-12(11)16(18)20/h2-8H,9H2,1H3,(H,21,22). The van der Waals surface area contributed by atoms with Crippen LogP contribution in [0.15, 0.2) is 42.5 Å². The lowest BCUT2D eigenvalue weighted by atomic mass is 10.0.